The van der Waals surface area contributed by atoms with Crippen molar-refractivity contribution < 1.29 is 9.53 Å². The Labute approximate surface area is 115 Å². The molecule has 3 N–H and O–H groups in total. The molecule has 1 aromatic carbocycles. The highest BCUT2D eigenvalue weighted by molar-refractivity contribution is 5.99. The van der Waals surface area contributed by atoms with Gasteiger partial charge in [0.2, 0.25) is 0 Å². The number of rotatable bonds is 2. The lowest BCUT2D eigenvalue weighted by Crippen LogP contribution is -2.41. The number of carbonyl (C=O) groups excluding carboxylic acids is 1. The number of H-pyrrole nitrogens is 1. The number of nitrogens with two attached hydrogens (primary N) is 1. The second-order valence-corrected chi connectivity index (χ2v) is 4.65. The first kappa shape index (κ1) is 12.6. The molecule has 20 heavy (non-hydrogen) atoms. The molecule has 7 heteroatoms. The minimum absolute atomic E-state index is 0.0766. The zero-order valence-electron chi connectivity index (χ0n) is 11.3. The van der Waals surface area contributed by atoms with E-state index in [1.807, 2.05) is 18.2 Å². The van der Waals surface area contributed by atoms with Gasteiger partial charge in [-0.25, -0.2) is 4.98 Å². The molecule has 3 rings (SSSR count). The topological polar surface area (TPSA) is 97.1 Å². The maximum absolute atomic E-state index is 11.9. The Kier molecular flexibility index (Phi) is 2.90. The van der Waals surface area contributed by atoms with E-state index in [9.17, 15) is 4.79 Å². The highest BCUT2D eigenvalue weighted by atomic mass is 16.5. The van der Waals surface area contributed by atoms with Gasteiger partial charge in [0.1, 0.15) is 11.6 Å². The van der Waals surface area contributed by atoms with E-state index in [0.717, 1.165) is 5.56 Å². The Balaban J connectivity index is 2.02. The molecule has 2 heterocycles. The minimum Gasteiger partial charge on any atom is -0.479 e. The van der Waals surface area contributed by atoms with E-state index in [1.54, 1.807) is 18.9 Å². The van der Waals surface area contributed by atoms with Gasteiger partial charge < -0.3 is 15.4 Å². The molecular weight excluding hydrogens is 258 g/mol. The van der Waals surface area contributed by atoms with Crippen LogP contribution in [0.1, 0.15) is 12.7 Å². The van der Waals surface area contributed by atoms with Gasteiger partial charge in [0.15, 0.2) is 11.9 Å². The van der Waals surface area contributed by atoms with Crippen molar-refractivity contribution in [2.75, 3.05) is 11.9 Å². The van der Waals surface area contributed by atoms with Crippen LogP contribution < -0.4 is 15.4 Å². The number of nitrogens with zero attached hydrogens (tertiary/aromatic N) is 3. The monoisotopic (exact) mass is 273 g/mol. The van der Waals surface area contributed by atoms with Crippen molar-refractivity contribution in [1.82, 2.24) is 15.2 Å². The van der Waals surface area contributed by atoms with Gasteiger partial charge in [-0.15, -0.1) is 0 Å². The second kappa shape index (κ2) is 4.61. The van der Waals surface area contributed by atoms with Gasteiger partial charge in [-0.1, -0.05) is 0 Å². The minimum atomic E-state index is -0.467. The van der Waals surface area contributed by atoms with Crippen LogP contribution >= 0.6 is 0 Å². The van der Waals surface area contributed by atoms with E-state index in [0.29, 0.717) is 29.6 Å². The van der Waals surface area contributed by atoms with Crippen LogP contribution in [0.5, 0.6) is 5.75 Å². The number of fused-ring (bicyclic) bond motifs is 1. The van der Waals surface area contributed by atoms with Gasteiger partial charge in [-0.05, 0) is 25.1 Å². The molecule has 0 saturated carbocycles. The van der Waals surface area contributed by atoms with E-state index < -0.39 is 6.10 Å². The van der Waals surface area contributed by atoms with Gasteiger partial charge in [0.25, 0.3) is 5.91 Å². The first-order chi connectivity index (χ1) is 9.60. The Morgan fingerprint density at radius 1 is 1.50 bits per heavy atom. The zero-order valence-corrected chi connectivity index (χ0v) is 11.3. The van der Waals surface area contributed by atoms with Crippen LogP contribution in [-0.4, -0.2) is 34.2 Å². The maximum Gasteiger partial charge on any atom is 0.267 e. The van der Waals surface area contributed by atoms with Crippen molar-refractivity contribution in [3.05, 3.63) is 24.0 Å². The number of amides is 1. The van der Waals surface area contributed by atoms with Gasteiger partial charge >= 0.3 is 0 Å². The van der Waals surface area contributed by atoms with Gasteiger partial charge in [0, 0.05) is 12.6 Å². The summed E-state index contributed by atoms with van der Waals surface area (Å²) in [4.78, 5) is 17.8. The fourth-order valence-corrected chi connectivity index (χ4v) is 2.17. The lowest BCUT2D eigenvalue weighted by molar-refractivity contribution is -0.125. The summed E-state index contributed by atoms with van der Waals surface area (Å²) in [7, 11) is 1.73. The number of carbonyl (C=O) groups is 1. The third-order valence-corrected chi connectivity index (χ3v) is 3.29. The lowest BCUT2D eigenvalue weighted by Gasteiger charge is -2.30. The number of aromatic nitrogens is 3. The number of anilines is 1. The Morgan fingerprint density at radius 2 is 2.30 bits per heavy atom. The number of hydrogen-bond acceptors (Lipinski definition) is 5. The molecule has 0 aliphatic carbocycles. The number of hydrogen-bond donors (Lipinski definition) is 2. The molecular formula is C13H15N5O2. The number of aromatic amines is 1. The molecule has 1 unspecified atom stereocenters. The fraction of sp³-hybridized carbons (Fsp3) is 0.308. The van der Waals surface area contributed by atoms with E-state index in [2.05, 4.69) is 15.2 Å². The Morgan fingerprint density at radius 3 is 3.00 bits per heavy atom. The molecule has 1 aromatic heterocycles. The molecule has 0 radical (unpaired) electrons. The third-order valence-electron chi connectivity index (χ3n) is 3.29. The lowest BCUT2D eigenvalue weighted by atomic mass is 10.1. The molecule has 0 fully saturated rings. The number of benzene rings is 1. The summed E-state index contributed by atoms with van der Waals surface area (Å²) < 4.78 is 5.57. The highest BCUT2D eigenvalue weighted by Gasteiger charge is 2.29. The average molecular weight is 273 g/mol. The highest BCUT2D eigenvalue weighted by Crippen LogP contribution is 2.35. The molecule has 0 bridgehead atoms. The summed E-state index contributed by atoms with van der Waals surface area (Å²) in [5, 5.41) is 6.87. The summed E-state index contributed by atoms with van der Waals surface area (Å²) in [6.07, 6.45) is -0.467. The molecule has 1 aliphatic heterocycles. The predicted octanol–water partition coefficient (Wildman–Crippen LogP) is 0.674. The second-order valence-electron chi connectivity index (χ2n) is 4.65. The molecule has 1 amide bonds. The van der Waals surface area contributed by atoms with Crippen molar-refractivity contribution >= 4 is 11.6 Å². The summed E-state index contributed by atoms with van der Waals surface area (Å²) in [5.41, 5.74) is 7.02. The summed E-state index contributed by atoms with van der Waals surface area (Å²) in [6, 6.07) is 5.52. The summed E-state index contributed by atoms with van der Waals surface area (Å²) in [6.45, 7) is 2.04. The third kappa shape index (κ3) is 1.92. The van der Waals surface area contributed by atoms with Crippen molar-refractivity contribution in [3.63, 3.8) is 0 Å². The van der Waals surface area contributed by atoms with Crippen LogP contribution in [0.25, 0.3) is 11.4 Å². The molecule has 1 aliphatic rings. The van der Waals surface area contributed by atoms with Gasteiger partial charge in [0.05, 0.1) is 12.2 Å². The van der Waals surface area contributed by atoms with Crippen LogP contribution in [0.4, 0.5) is 5.69 Å². The molecule has 2 aromatic rings. The van der Waals surface area contributed by atoms with Gasteiger partial charge in [-0.2, -0.15) is 5.10 Å². The van der Waals surface area contributed by atoms with E-state index in [-0.39, 0.29) is 5.91 Å². The molecule has 0 spiro atoms. The molecule has 104 valence electrons. The fourth-order valence-electron chi connectivity index (χ4n) is 2.17. The van der Waals surface area contributed by atoms with Crippen molar-refractivity contribution in [2.45, 2.75) is 19.6 Å². The largest absolute Gasteiger partial charge is 0.479 e. The number of likely N-dealkylation sites (N-methyl/N-ethyl adjacent to an activating group) is 1. The first-order valence-corrected chi connectivity index (χ1v) is 6.30. The zero-order chi connectivity index (χ0) is 14.3. The van der Waals surface area contributed by atoms with E-state index in [4.69, 9.17) is 10.5 Å². The molecule has 7 nitrogen and oxygen atoms in total. The van der Waals surface area contributed by atoms with Gasteiger partial charge in [-0.3, -0.25) is 9.89 Å². The van der Waals surface area contributed by atoms with Crippen molar-refractivity contribution in [3.8, 4) is 17.1 Å². The SMILES string of the molecule is CC1Oc2ccc(-c3n[nH]c(CN)n3)cc2N(C)C1=O. The van der Waals surface area contributed by atoms with Crippen LogP contribution in [0.3, 0.4) is 0 Å². The standard InChI is InChI=1S/C13H15N5O2/c1-7-13(19)18(2)9-5-8(3-4-10(9)20-7)12-15-11(6-14)16-17-12/h3-5,7H,6,14H2,1-2H3,(H,15,16,17). The normalized spacial score (nSPS) is 17.9. The Hall–Kier alpha value is -2.41. The number of ether oxygens (including phenoxy) is 1. The van der Waals surface area contributed by atoms with Crippen LogP contribution in [0.2, 0.25) is 0 Å². The quantitative estimate of drug-likeness (QED) is 0.838. The van der Waals surface area contributed by atoms with Crippen LogP contribution in [-0.2, 0) is 11.3 Å². The van der Waals surface area contributed by atoms with E-state index in [1.165, 1.54) is 0 Å². The van der Waals surface area contributed by atoms with Crippen LogP contribution in [0.15, 0.2) is 18.2 Å². The van der Waals surface area contributed by atoms with Crippen molar-refractivity contribution in [1.29, 1.82) is 0 Å². The summed E-state index contributed by atoms with van der Waals surface area (Å²) in [5.74, 6) is 1.77. The number of nitrogens with one attached hydrogen (secondary N) is 1. The molecule has 0 saturated heterocycles. The smallest absolute Gasteiger partial charge is 0.267 e. The average Bonchev–Trinajstić information content (AvgIpc) is 2.93. The van der Waals surface area contributed by atoms with Crippen LogP contribution in [0, 0.1) is 0 Å². The Bertz CT molecular complexity index is 667. The van der Waals surface area contributed by atoms with E-state index >= 15 is 0 Å². The maximum atomic E-state index is 11.9. The first-order valence-electron chi connectivity index (χ1n) is 6.30. The predicted molar refractivity (Wildman–Crippen MR) is 73.2 cm³/mol. The van der Waals surface area contributed by atoms with Crippen molar-refractivity contribution in [2.24, 2.45) is 5.73 Å². The molecule has 1 atom stereocenters. The summed E-state index contributed by atoms with van der Waals surface area (Å²) >= 11 is 0.